The molecule has 0 aliphatic carbocycles. The fourth-order valence-electron chi connectivity index (χ4n) is 2.94. The number of Topliss-reactive ketones (excluding diaryl/α,β-unsaturated/α-hetero) is 1. The molecular formula is C24H30OTe. The maximum atomic E-state index is 13.4. The van der Waals surface area contributed by atoms with E-state index in [2.05, 4.69) is 44.2 Å². The van der Waals surface area contributed by atoms with E-state index in [1.807, 2.05) is 30.3 Å². The summed E-state index contributed by atoms with van der Waals surface area (Å²) >= 11 is -0.672. The van der Waals surface area contributed by atoms with E-state index in [0.29, 0.717) is 0 Å². The van der Waals surface area contributed by atoms with Crippen molar-refractivity contribution < 1.29 is 4.79 Å². The molecule has 2 rings (SSSR count). The number of hydrogen-bond donors (Lipinski definition) is 0. The SMILES string of the molecule is CCCCC/C(CCCC)=C(/[Te]c1ccccc1)C(=O)c1ccccc1. The van der Waals surface area contributed by atoms with Crippen LogP contribution in [0, 0.1) is 0 Å². The molecule has 0 saturated carbocycles. The van der Waals surface area contributed by atoms with Gasteiger partial charge in [-0.25, -0.2) is 0 Å². The molecule has 0 bridgehead atoms. The van der Waals surface area contributed by atoms with Gasteiger partial charge >= 0.3 is 169 Å². The second-order valence-corrected chi connectivity index (χ2v) is 9.70. The average Bonchev–Trinajstić information content (AvgIpc) is 2.70. The van der Waals surface area contributed by atoms with Crippen LogP contribution >= 0.6 is 0 Å². The maximum absolute atomic E-state index is 13.4. The third-order valence-corrected chi connectivity index (χ3v) is 7.83. The van der Waals surface area contributed by atoms with Gasteiger partial charge in [0.2, 0.25) is 0 Å². The van der Waals surface area contributed by atoms with Crippen molar-refractivity contribution in [1.29, 1.82) is 0 Å². The first kappa shape index (κ1) is 20.9. The van der Waals surface area contributed by atoms with E-state index in [1.165, 1.54) is 41.3 Å². The fraction of sp³-hybridized carbons (Fsp3) is 0.375. The van der Waals surface area contributed by atoms with Crippen molar-refractivity contribution in [3.8, 4) is 0 Å². The van der Waals surface area contributed by atoms with Gasteiger partial charge in [0.1, 0.15) is 0 Å². The van der Waals surface area contributed by atoms with Gasteiger partial charge in [-0.1, -0.05) is 0 Å². The summed E-state index contributed by atoms with van der Waals surface area (Å²) in [6.45, 7) is 4.47. The van der Waals surface area contributed by atoms with E-state index in [1.54, 1.807) is 0 Å². The summed E-state index contributed by atoms with van der Waals surface area (Å²) in [5, 5.41) is 0. The van der Waals surface area contributed by atoms with Gasteiger partial charge in [0.15, 0.2) is 0 Å². The molecule has 0 saturated heterocycles. The molecule has 0 amide bonds. The Morgan fingerprint density at radius 2 is 1.35 bits per heavy atom. The van der Waals surface area contributed by atoms with Crippen molar-refractivity contribution in [3.05, 3.63) is 75.4 Å². The van der Waals surface area contributed by atoms with Crippen molar-refractivity contribution in [1.82, 2.24) is 0 Å². The number of unbranched alkanes of at least 4 members (excludes halogenated alkanes) is 3. The van der Waals surface area contributed by atoms with E-state index in [-0.39, 0.29) is 5.78 Å². The molecule has 138 valence electrons. The van der Waals surface area contributed by atoms with Crippen LogP contribution in [-0.4, -0.2) is 26.7 Å². The summed E-state index contributed by atoms with van der Waals surface area (Å²) in [4.78, 5) is 13.4. The summed E-state index contributed by atoms with van der Waals surface area (Å²) in [7, 11) is 0. The van der Waals surface area contributed by atoms with Crippen molar-refractivity contribution >= 4 is 30.3 Å². The Kier molecular flexibility index (Phi) is 9.75. The van der Waals surface area contributed by atoms with E-state index in [4.69, 9.17) is 0 Å². The quantitative estimate of drug-likeness (QED) is 0.175. The first-order chi connectivity index (χ1) is 12.8. The van der Waals surface area contributed by atoms with Gasteiger partial charge < -0.3 is 0 Å². The Hall–Kier alpha value is -1.36. The first-order valence-corrected chi connectivity index (χ1v) is 12.1. The monoisotopic (exact) mass is 464 g/mol. The molecule has 0 fully saturated rings. The van der Waals surface area contributed by atoms with Crippen LogP contribution in [0.15, 0.2) is 69.9 Å². The Morgan fingerprint density at radius 1 is 0.769 bits per heavy atom. The molecule has 1 nitrogen and oxygen atoms in total. The molecular weight excluding hydrogens is 432 g/mol. The molecule has 2 aromatic carbocycles. The van der Waals surface area contributed by atoms with Crippen LogP contribution in [0.3, 0.4) is 0 Å². The number of allylic oxidation sites excluding steroid dienone is 2. The van der Waals surface area contributed by atoms with E-state index in [0.717, 1.165) is 22.0 Å². The van der Waals surface area contributed by atoms with Crippen LogP contribution in [0.25, 0.3) is 0 Å². The minimum atomic E-state index is -0.672. The molecule has 2 heteroatoms. The molecule has 0 aliphatic rings. The molecule has 0 aliphatic heterocycles. The van der Waals surface area contributed by atoms with E-state index in [9.17, 15) is 4.79 Å². The Morgan fingerprint density at radius 3 is 1.96 bits per heavy atom. The Labute approximate surface area is 169 Å². The van der Waals surface area contributed by atoms with Gasteiger partial charge in [0, 0.05) is 0 Å². The van der Waals surface area contributed by atoms with Gasteiger partial charge in [-0.05, 0) is 0 Å². The third kappa shape index (κ3) is 6.75. The number of carbonyl (C=O) groups excluding carboxylic acids is 1. The summed E-state index contributed by atoms with van der Waals surface area (Å²) in [5.41, 5.74) is 2.27. The molecule has 0 aromatic heterocycles. The number of carbonyl (C=O) groups is 1. The zero-order valence-corrected chi connectivity index (χ0v) is 18.4. The van der Waals surface area contributed by atoms with Crippen LogP contribution < -0.4 is 3.61 Å². The molecule has 0 spiro atoms. The fourth-order valence-corrected chi connectivity index (χ4v) is 6.04. The van der Waals surface area contributed by atoms with Crippen LogP contribution in [0.1, 0.15) is 69.2 Å². The van der Waals surface area contributed by atoms with Crippen LogP contribution in [0.5, 0.6) is 0 Å². The normalized spacial score (nSPS) is 11.9. The molecule has 2 aromatic rings. The summed E-state index contributed by atoms with van der Waals surface area (Å²) in [6, 6.07) is 20.4. The number of benzene rings is 2. The first-order valence-electron chi connectivity index (χ1n) is 9.81. The van der Waals surface area contributed by atoms with Crippen molar-refractivity contribution in [2.75, 3.05) is 0 Å². The van der Waals surface area contributed by atoms with Crippen LogP contribution in [0.4, 0.5) is 0 Å². The standard InChI is InChI=1S/C24H30OTe/c1-3-5-9-17-21(14-6-4-2)24(26-22-18-12-8-13-19-22)23(25)20-15-10-7-11-16-20/h7-8,10-13,15-16,18-19H,3-6,9,14,17H2,1-2H3/b24-21+. The molecule has 0 N–H and O–H groups in total. The van der Waals surface area contributed by atoms with Gasteiger partial charge in [0.05, 0.1) is 0 Å². The third-order valence-electron chi connectivity index (χ3n) is 4.44. The zero-order chi connectivity index (χ0) is 18.6. The zero-order valence-electron chi connectivity index (χ0n) is 16.0. The van der Waals surface area contributed by atoms with E-state index < -0.39 is 20.9 Å². The number of hydrogen-bond acceptors (Lipinski definition) is 1. The number of ketones is 1. The van der Waals surface area contributed by atoms with Crippen LogP contribution in [-0.2, 0) is 0 Å². The predicted molar refractivity (Wildman–Crippen MR) is 113 cm³/mol. The van der Waals surface area contributed by atoms with Crippen molar-refractivity contribution in [2.24, 2.45) is 0 Å². The number of rotatable bonds is 11. The van der Waals surface area contributed by atoms with Gasteiger partial charge in [0.25, 0.3) is 0 Å². The summed E-state index contributed by atoms with van der Waals surface area (Å²) in [5.74, 6) is 0.263. The molecule has 0 radical (unpaired) electrons. The minimum absolute atomic E-state index is 0.263. The van der Waals surface area contributed by atoms with Gasteiger partial charge in [-0.3, -0.25) is 0 Å². The Bertz CT molecular complexity index is 689. The molecule has 26 heavy (non-hydrogen) atoms. The second kappa shape index (κ2) is 12.1. The van der Waals surface area contributed by atoms with Gasteiger partial charge in [-0.15, -0.1) is 0 Å². The summed E-state index contributed by atoms with van der Waals surface area (Å²) in [6.07, 6.45) is 8.17. The van der Waals surface area contributed by atoms with Crippen molar-refractivity contribution in [3.63, 3.8) is 0 Å². The Balaban J connectivity index is 2.38. The second-order valence-electron chi connectivity index (χ2n) is 6.60. The van der Waals surface area contributed by atoms with E-state index >= 15 is 0 Å². The van der Waals surface area contributed by atoms with Crippen LogP contribution in [0.2, 0.25) is 0 Å². The molecule has 0 heterocycles. The predicted octanol–water partition coefficient (Wildman–Crippen LogP) is 5.92. The average molecular weight is 462 g/mol. The van der Waals surface area contributed by atoms with Crippen molar-refractivity contribution in [2.45, 2.75) is 58.8 Å². The molecule has 0 atom stereocenters. The van der Waals surface area contributed by atoms with Gasteiger partial charge in [-0.2, -0.15) is 0 Å². The topological polar surface area (TPSA) is 17.1 Å². The molecule has 0 unspecified atom stereocenters. The summed E-state index contributed by atoms with van der Waals surface area (Å²) < 4.78 is 2.50.